The lowest BCUT2D eigenvalue weighted by Crippen LogP contribution is -2.49. The smallest absolute Gasteiger partial charge is 0.336 e. The van der Waals surface area contributed by atoms with E-state index >= 15 is 0 Å². The Balaban J connectivity index is 1.65. The van der Waals surface area contributed by atoms with E-state index in [0.717, 1.165) is 11.4 Å². The van der Waals surface area contributed by atoms with Gasteiger partial charge in [-0.1, -0.05) is 24.3 Å². The number of ether oxygens (including phenoxy) is 1. The molecule has 0 bridgehead atoms. The molecule has 3 aliphatic rings. The van der Waals surface area contributed by atoms with E-state index in [1.165, 1.54) is 12.1 Å². The molecule has 2 aromatic rings. The number of benzene rings is 2. The Morgan fingerprint density at radius 3 is 2.86 bits per heavy atom. The van der Waals surface area contributed by atoms with Crippen LogP contribution in [-0.4, -0.2) is 29.9 Å². The summed E-state index contributed by atoms with van der Waals surface area (Å²) in [5, 5.41) is 18.1. The van der Waals surface area contributed by atoms with Gasteiger partial charge in [-0.05, 0) is 17.7 Å². The highest BCUT2D eigenvalue weighted by Gasteiger charge is 2.45. The zero-order valence-corrected chi connectivity index (χ0v) is 14.7. The maximum atomic E-state index is 12.5. The molecule has 0 spiro atoms. The number of carbonyl (C=O) groups excluding carboxylic acids is 1. The second-order valence-electron chi connectivity index (χ2n) is 6.94. The van der Waals surface area contributed by atoms with Crippen LogP contribution in [0.25, 0.3) is 0 Å². The van der Waals surface area contributed by atoms with Crippen molar-refractivity contribution in [2.24, 2.45) is 10.9 Å². The molecule has 0 aromatic heterocycles. The second-order valence-corrected chi connectivity index (χ2v) is 6.94. The summed E-state index contributed by atoms with van der Waals surface area (Å²) in [5.41, 5.74) is 3.59. The third-order valence-electron chi connectivity index (χ3n) is 5.34. The van der Waals surface area contributed by atoms with Crippen LogP contribution in [0.1, 0.15) is 11.5 Å². The lowest BCUT2D eigenvalue weighted by molar-refractivity contribution is -0.384. The number of rotatable bonds is 2. The third kappa shape index (κ3) is 2.53. The number of non-ortho nitro benzene ring substituents is 1. The summed E-state index contributed by atoms with van der Waals surface area (Å²) in [4.78, 5) is 27.9. The van der Waals surface area contributed by atoms with Gasteiger partial charge in [0, 0.05) is 30.2 Å². The molecule has 0 saturated carbocycles. The van der Waals surface area contributed by atoms with E-state index < -0.39 is 16.8 Å². The van der Waals surface area contributed by atoms with Crippen LogP contribution in [0.2, 0.25) is 0 Å². The van der Waals surface area contributed by atoms with Gasteiger partial charge in [0.15, 0.2) is 0 Å². The molecule has 0 radical (unpaired) electrons. The third-order valence-corrected chi connectivity index (χ3v) is 5.34. The van der Waals surface area contributed by atoms with Gasteiger partial charge in [-0.15, -0.1) is 0 Å². The average Bonchev–Trinajstić information content (AvgIpc) is 2.96. The minimum Gasteiger partial charge on any atom is -0.456 e. The van der Waals surface area contributed by atoms with E-state index in [0.29, 0.717) is 16.8 Å². The first kappa shape index (κ1) is 16.5. The molecule has 3 atom stereocenters. The first-order chi connectivity index (χ1) is 13.6. The zero-order valence-electron chi connectivity index (χ0n) is 14.7. The van der Waals surface area contributed by atoms with Crippen LogP contribution >= 0.6 is 0 Å². The van der Waals surface area contributed by atoms with Crippen molar-refractivity contribution in [2.75, 3.05) is 11.9 Å². The second kappa shape index (κ2) is 6.19. The number of aliphatic imine (C=N–C) groups is 1. The van der Waals surface area contributed by atoms with E-state index in [1.807, 2.05) is 36.5 Å². The maximum Gasteiger partial charge on any atom is 0.336 e. The molecule has 8 heteroatoms. The molecule has 2 N–H and O–H groups in total. The van der Waals surface area contributed by atoms with Crippen molar-refractivity contribution in [2.45, 2.75) is 12.1 Å². The summed E-state index contributed by atoms with van der Waals surface area (Å²) in [6.45, 7) is 0.170. The Labute approximate surface area is 160 Å². The molecule has 3 heterocycles. The predicted octanol–water partition coefficient (Wildman–Crippen LogP) is 2.86. The normalized spacial score (nSPS) is 24.9. The van der Waals surface area contributed by atoms with Gasteiger partial charge >= 0.3 is 5.97 Å². The van der Waals surface area contributed by atoms with Crippen LogP contribution in [-0.2, 0) is 9.53 Å². The van der Waals surface area contributed by atoms with Gasteiger partial charge < -0.3 is 15.4 Å². The number of nitrogens with zero attached hydrogens (tertiary/aromatic N) is 2. The van der Waals surface area contributed by atoms with Crippen LogP contribution < -0.4 is 10.6 Å². The molecule has 8 nitrogen and oxygen atoms in total. The molecule has 2 unspecified atom stereocenters. The number of anilines is 1. The summed E-state index contributed by atoms with van der Waals surface area (Å²) in [7, 11) is 0. The molecule has 3 aliphatic heterocycles. The summed E-state index contributed by atoms with van der Waals surface area (Å²) in [5.74, 6) is -1.03. The Bertz CT molecular complexity index is 1060. The van der Waals surface area contributed by atoms with Gasteiger partial charge in [0.1, 0.15) is 12.8 Å². The fourth-order valence-corrected chi connectivity index (χ4v) is 4.09. The Hall–Kier alpha value is -3.68. The van der Waals surface area contributed by atoms with Crippen molar-refractivity contribution in [3.05, 3.63) is 75.5 Å². The Morgan fingerprint density at radius 1 is 1.14 bits per heavy atom. The summed E-state index contributed by atoms with van der Waals surface area (Å²) in [6.07, 6.45) is 1.58. The molecule has 140 valence electrons. The van der Waals surface area contributed by atoms with Gasteiger partial charge in [0.25, 0.3) is 5.69 Å². The number of cyclic esters (lactones) is 1. The van der Waals surface area contributed by atoms with Crippen LogP contribution in [0.3, 0.4) is 0 Å². The topological polar surface area (TPSA) is 106 Å². The van der Waals surface area contributed by atoms with E-state index in [-0.39, 0.29) is 24.4 Å². The molecule has 0 saturated heterocycles. The maximum absolute atomic E-state index is 12.5. The molecule has 0 amide bonds. The molecule has 2 aromatic carbocycles. The van der Waals surface area contributed by atoms with Crippen molar-refractivity contribution >= 4 is 29.2 Å². The fourth-order valence-electron chi connectivity index (χ4n) is 4.09. The minimum absolute atomic E-state index is 0.0112. The lowest BCUT2D eigenvalue weighted by atomic mass is 9.76. The van der Waals surface area contributed by atoms with E-state index in [9.17, 15) is 14.9 Å². The number of para-hydroxylation sites is 2. The molecule has 28 heavy (non-hydrogen) atoms. The number of esters is 1. The average molecular weight is 376 g/mol. The van der Waals surface area contributed by atoms with Crippen molar-refractivity contribution in [1.82, 2.24) is 5.32 Å². The summed E-state index contributed by atoms with van der Waals surface area (Å²) < 4.78 is 5.25. The predicted molar refractivity (Wildman–Crippen MR) is 102 cm³/mol. The first-order valence-electron chi connectivity index (χ1n) is 8.92. The lowest BCUT2D eigenvalue weighted by Gasteiger charge is -2.37. The Kier molecular flexibility index (Phi) is 3.65. The number of hydrogen-bond acceptors (Lipinski definition) is 7. The van der Waals surface area contributed by atoms with Crippen LogP contribution in [0, 0.1) is 16.0 Å². The summed E-state index contributed by atoms with van der Waals surface area (Å²) >= 11 is 0. The van der Waals surface area contributed by atoms with Gasteiger partial charge in [-0.3, -0.25) is 15.1 Å². The van der Waals surface area contributed by atoms with Crippen LogP contribution in [0.5, 0.6) is 0 Å². The van der Waals surface area contributed by atoms with Crippen LogP contribution in [0.4, 0.5) is 17.1 Å². The van der Waals surface area contributed by atoms with Gasteiger partial charge in [0.2, 0.25) is 0 Å². The number of nitro groups is 1. The van der Waals surface area contributed by atoms with E-state index in [1.54, 1.807) is 6.07 Å². The highest BCUT2D eigenvalue weighted by Crippen LogP contribution is 2.43. The number of hydrogen-bond donors (Lipinski definition) is 2. The standard InChI is InChI=1S/C20H16N4O4/c25-20-18-16(10-28-20)23-19-13(9-21-14-6-1-2-7-15(14)22-19)17(18)11-4-3-5-12(8-11)24(26)27/h1-9,13,17,19,22-23H,10H2/t13?,17-,19?/m0/s1. The summed E-state index contributed by atoms with van der Waals surface area (Å²) in [6, 6.07) is 14.1. The number of carbonyl (C=O) groups is 1. The fraction of sp³-hybridized carbons (Fsp3) is 0.200. The largest absolute Gasteiger partial charge is 0.456 e. The van der Waals surface area contributed by atoms with E-state index in [2.05, 4.69) is 15.6 Å². The molecular formula is C20H16N4O4. The SMILES string of the molecule is O=C1OCC2=C1[C@@H](c1cccc([N+](=O)[O-])c1)C1C=Nc3ccccc3NC1N2. The van der Waals surface area contributed by atoms with Gasteiger partial charge in [-0.25, -0.2) is 4.79 Å². The van der Waals surface area contributed by atoms with Crippen LogP contribution in [0.15, 0.2) is 64.8 Å². The van der Waals surface area contributed by atoms with E-state index in [4.69, 9.17) is 4.74 Å². The Morgan fingerprint density at radius 2 is 2.00 bits per heavy atom. The van der Waals surface area contributed by atoms with Crippen molar-refractivity contribution in [3.63, 3.8) is 0 Å². The molecule has 0 aliphatic carbocycles. The number of nitro benzene ring substituents is 1. The molecule has 0 fully saturated rings. The zero-order chi connectivity index (χ0) is 19.3. The molecule has 5 rings (SSSR count). The highest BCUT2D eigenvalue weighted by atomic mass is 16.6. The quantitative estimate of drug-likeness (QED) is 0.474. The highest BCUT2D eigenvalue weighted by molar-refractivity contribution is 5.95. The number of nitrogens with one attached hydrogen (secondary N) is 2. The minimum atomic E-state index is -0.431. The molecular weight excluding hydrogens is 360 g/mol. The van der Waals surface area contributed by atoms with Crippen molar-refractivity contribution in [3.8, 4) is 0 Å². The van der Waals surface area contributed by atoms with Crippen molar-refractivity contribution < 1.29 is 14.5 Å². The van der Waals surface area contributed by atoms with Gasteiger partial charge in [-0.2, -0.15) is 0 Å². The monoisotopic (exact) mass is 376 g/mol. The number of fused-ring (bicyclic) bond motifs is 2. The first-order valence-corrected chi connectivity index (χ1v) is 8.92. The van der Waals surface area contributed by atoms with Crippen molar-refractivity contribution in [1.29, 1.82) is 0 Å². The van der Waals surface area contributed by atoms with Gasteiger partial charge in [0.05, 0.1) is 27.6 Å².